The minimum Gasteiger partial charge on any atom is -0.496 e. The fraction of sp³-hybridized carbons (Fsp3) is 0.158. The fourth-order valence-corrected chi connectivity index (χ4v) is 2.67. The van der Waals surface area contributed by atoms with Gasteiger partial charge in [0, 0.05) is 11.5 Å². The van der Waals surface area contributed by atoms with E-state index in [1.54, 1.807) is 7.11 Å². The van der Waals surface area contributed by atoms with E-state index in [-0.39, 0.29) is 5.78 Å². The van der Waals surface area contributed by atoms with Crippen molar-refractivity contribution in [2.24, 2.45) is 0 Å². The van der Waals surface area contributed by atoms with Gasteiger partial charge in [-0.1, -0.05) is 30.3 Å². The van der Waals surface area contributed by atoms with E-state index in [4.69, 9.17) is 4.74 Å². The Morgan fingerprint density at radius 1 is 1.05 bits per heavy atom. The molecular formula is C19H18NO2+. The molecule has 0 aliphatic heterocycles. The number of aryl methyl sites for hydroxylation is 1. The molecule has 1 aromatic heterocycles. The van der Waals surface area contributed by atoms with Crippen LogP contribution in [0.2, 0.25) is 0 Å². The second-order valence-corrected chi connectivity index (χ2v) is 5.32. The summed E-state index contributed by atoms with van der Waals surface area (Å²) in [4.78, 5) is 12.6. The van der Waals surface area contributed by atoms with Crippen molar-refractivity contribution < 1.29 is 14.1 Å². The van der Waals surface area contributed by atoms with E-state index in [1.165, 1.54) is 5.39 Å². The molecule has 0 aliphatic carbocycles. The highest BCUT2D eigenvalue weighted by Gasteiger charge is 2.18. The second-order valence-electron chi connectivity index (χ2n) is 5.32. The molecule has 0 saturated carbocycles. The van der Waals surface area contributed by atoms with E-state index < -0.39 is 0 Å². The number of fused-ring (bicyclic) bond motifs is 1. The zero-order valence-electron chi connectivity index (χ0n) is 12.7. The predicted molar refractivity (Wildman–Crippen MR) is 86.2 cm³/mol. The number of carbonyl (C=O) groups is 1. The van der Waals surface area contributed by atoms with Crippen LogP contribution in [0, 0.1) is 6.92 Å². The van der Waals surface area contributed by atoms with Crippen molar-refractivity contribution in [1.29, 1.82) is 0 Å². The zero-order valence-corrected chi connectivity index (χ0v) is 12.7. The van der Waals surface area contributed by atoms with Crippen LogP contribution in [-0.2, 0) is 6.54 Å². The van der Waals surface area contributed by atoms with Gasteiger partial charge in [0.1, 0.15) is 5.75 Å². The molecular weight excluding hydrogens is 274 g/mol. The summed E-state index contributed by atoms with van der Waals surface area (Å²) in [7, 11) is 1.60. The lowest BCUT2D eigenvalue weighted by Gasteiger charge is -2.09. The highest BCUT2D eigenvalue weighted by Crippen LogP contribution is 2.23. The molecule has 0 amide bonds. The van der Waals surface area contributed by atoms with Gasteiger partial charge in [0.05, 0.1) is 12.7 Å². The zero-order chi connectivity index (χ0) is 15.5. The molecule has 3 aromatic rings. The summed E-state index contributed by atoms with van der Waals surface area (Å²) in [6, 6.07) is 15.8. The van der Waals surface area contributed by atoms with E-state index in [0.717, 1.165) is 10.9 Å². The molecule has 2 aromatic carbocycles. The summed E-state index contributed by atoms with van der Waals surface area (Å²) in [5.74, 6) is 0.703. The first-order chi connectivity index (χ1) is 10.7. The van der Waals surface area contributed by atoms with Gasteiger partial charge in [0.15, 0.2) is 12.4 Å². The van der Waals surface area contributed by atoms with Crippen molar-refractivity contribution in [3.05, 3.63) is 72.1 Å². The molecule has 0 unspecified atom stereocenters. The van der Waals surface area contributed by atoms with Gasteiger partial charge in [-0.3, -0.25) is 4.79 Å². The summed E-state index contributed by atoms with van der Waals surface area (Å²) >= 11 is 0. The summed E-state index contributed by atoms with van der Waals surface area (Å²) < 4.78 is 7.28. The number of hydrogen-bond donors (Lipinski definition) is 0. The van der Waals surface area contributed by atoms with Crippen LogP contribution < -0.4 is 9.30 Å². The molecule has 0 N–H and O–H groups in total. The number of methoxy groups -OCH3 is 1. The van der Waals surface area contributed by atoms with Gasteiger partial charge >= 0.3 is 0 Å². The number of para-hydroxylation sites is 1. The molecule has 1 heterocycles. The fourth-order valence-electron chi connectivity index (χ4n) is 2.67. The molecule has 0 aliphatic rings. The quantitative estimate of drug-likeness (QED) is 0.545. The van der Waals surface area contributed by atoms with Crippen molar-refractivity contribution in [3.63, 3.8) is 0 Å². The Morgan fingerprint density at radius 2 is 1.82 bits per heavy atom. The first kappa shape index (κ1) is 14.3. The molecule has 0 bridgehead atoms. The average molecular weight is 292 g/mol. The Morgan fingerprint density at radius 3 is 2.59 bits per heavy atom. The van der Waals surface area contributed by atoms with Crippen molar-refractivity contribution in [2.45, 2.75) is 13.5 Å². The van der Waals surface area contributed by atoms with Crippen LogP contribution in [0.4, 0.5) is 0 Å². The Hall–Kier alpha value is -2.68. The van der Waals surface area contributed by atoms with Gasteiger partial charge in [0.2, 0.25) is 12.3 Å². The van der Waals surface area contributed by atoms with Gasteiger partial charge in [-0.05, 0) is 30.0 Å². The van der Waals surface area contributed by atoms with Crippen molar-refractivity contribution in [2.75, 3.05) is 7.11 Å². The van der Waals surface area contributed by atoms with Crippen molar-refractivity contribution >= 4 is 16.6 Å². The van der Waals surface area contributed by atoms with Crippen LogP contribution in [0.15, 0.2) is 60.9 Å². The normalized spacial score (nSPS) is 10.6. The SMILES string of the molecule is COc1c(C)cccc1C(=O)C[n+]1ccc2ccccc2c1. The Balaban J connectivity index is 1.91. The number of rotatable bonds is 4. The maximum Gasteiger partial charge on any atom is 0.231 e. The van der Waals surface area contributed by atoms with Gasteiger partial charge in [-0.2, -0.15) is 4.57 Å². The maximum atomic E-state index is 12.6. The topological polar surface area (TPSA) is 30.2 Å². The lowest BCUT2D eigenvalue weighted by molar-refractivity contribution is -0.681. The third kappa shape index (κ3) is 2.70. The first-order valence-corrected chi connectivity index (χ1v) is 7.23. The molecule has 22 heavy (non-hydrogen) atoms. The number of nitrogens with zero attached hydrogens (tertiary/aromatic N) is 1. The van der Waals surface area contributed by atoms with E-state index in [0.29, 0.717) is 17.9 Å². The smallest absolute Gasteiger partial charge is 0.231 e. The molecule has 3 rings (SSSR count). The van der Waals surface area contributed by atoms with E-state index in [9.17, 15) is 4.79 Å². The number of pyridine rings is 1. The van der Waals surface area contributed by atoms with E-state index in [2.05, 4.69) is 6.07 Å². The lowest BCUT2D eigenvalue weighted by atomic mass is 10.1. The number of carbonyl (C=O) groups excluding carboxylic acids is 1. The molecule has 0 fully saturated rings. The summed E-state index contributed by atoms with van der Waals surface area (Å²) in [6.07, 6.45) is 3.93. The Bertz CT molecular complexity index is 840. The Labute approximate surface area is 129 Å². The van der Waals surface area contributed by atoms with Gasteiger partial charge < -0.3 is 4.74 Å². The van der Waals surface area contributed by atoms with Crippen molar-refractivity contribution in [3.8, 4) is 5.75 Å². The maximum absolute atomic E-state index is 12.6. The number of ether oxygens (including phenoxy) is 1. The minimum absolute atomic E-state index is 0.0424. The van der Waals surface area contributed by atoms with Gasteiger partial charge in [-0.15, -0.1) is 0 Å². The predicted octanol–water partition coefficient (Wildman–Crippen LogP) is 3.33. The summed E-state index contributed by atoms with van der Waals surface area (Å²) in [5.41, 5.74) is 1.60. The summed E-state index contributed by atoms with van der Waals surface area (Å²) in [5, 5.41) is 2.29. The standard InChI is InChI=1S/C19H18NO2/c1-14-6-5-9-17(19(14)22-2)18(21)13-20-11-10-15-7-3-4-8-16(15)12-20/h3-12H,13H2,1-2H3/q+1. The van der Waals surface area contributed by atoms with Crippen LogP contribution in [0.3, 0.4) is 0 Å². The van der Waals surface area contributed by atoms with Crippen molar-refractivity contribution in [1.82, 2.24) is 0 Å². The highest BCUT2D eigenvalue weighted by atomic mass is 16.5. The third-order valence-corrected chi connectivity index (χ3v) is 3.79. The van der Waals surface area contributed by atoms with Gasteiger partial charge in [-0.25, -0.2) is 0 Å². The lowest BCUT2D eigenvalue weighted by Crippen LogP contribution is -2.37. The van der Waals surface area contributed by atoms with Gasteiger partial charge in [0.25, 0.3) is 0 Å². The molecule has 110 valence electrons. The van der Waals surface area contributed by atoms with Crippen LogP contribution >= 0.6 is 0 Å². The number of benzene rings is 2. The monoisotopic (exact) mass is 292 g/mol. The van der Waals surface area contributed by atoms with Crippen LogP contribution in [0.5, 0.6) is 5.75 Å². The summed E-state index contributed by atoms with van der Waals surface area (Å²) in [6.45, 7) is 2.24. The number of hydrogen-bond acceptors (Lipinski definition) is 2. The third-order valence-electron chi connectivity index (χ3n) is 3.79. The second kappa shape index (κ2) is 5.98. The van der Waals surface area contributed by atoms with E-state index >= 15 is 0 Å². The largest absolute Gasteiger partial charge is 0.496 e. The molecule has 0 radical (unpaired) electrons. The molecule has 0 saturated heterocycles. The molecule has 0 spiro atoms. The Kier molecular flexibility index (Phi) is 3.88. The molecule has 3 nitrogen and oxygen atoms in total. The van der Waals surface area contributed by atoms with Crippen LogP contribution in [0.1, 0.15) is 15.9 Å². The molecule has 3 heteroatoms. The molecule has 0 atom stereocenters. The van der Waals surface area contributed by atoms with Crippen LogP contribution in [-0.4, -0.2) is 12.9 Å². The number of aromatic nitrogens is 1. The van der Waals surface area contributed by atoms with E-state index in [1.807, 2.05) is 66.3 Å². The minimum atomic E-state index is 0.0424. The van der Waals surface area contributed by atoms with Crippen LogP contribution in [0.25, 0.3) is 10.8 Å². The highest BCUT2D eigenvalue weighted by molar-refractivity contribution is 5.98. The number of ketones is 1. The average Bonchev–Trinajstić information content (AvgIpc) is 2.54. The first-order valence-electron chi connectivity index (χ1n) is 7.23. The number of Topliss-reactive ketones (excluding diaryl/α,β-unsaturated/α-hetero) is 1.